The third-order valence-corrected chi connectivity index (χ3v) is 6.72. The zero-order valence-corrected chi connectivity index (χ0v) is 20.3. The molecule has 1 atom stereocenters. The fourth-order valence-electron chi connectivity index (χ4n) is 3.17. The molecular weight excluding hydrogens is 480 g/mol. The van der Waals surface area contributed by atoms with Crippen molar-refractivity contribution in [1.29, 1.82) is 0 Å². The van der Waals surface area contributed by atoms with E-state index in [9.17, 15) is 0 Å². The molecule has 23 heavy (non-hydrogen) atoms. The van der Waals surface area contributed by atoms with Crippen LogP contribution in [0.2, 0.25) is 0 Å². The van der Waals surface area contributed by atoms with Gasteiger partial charge in [0, 0.05) is 0 Å². The quantitative estimate of drug-likeness (QED) is 0.141. The molecule has 0 aliphatic heterocycles. The summed E-state index contributed by atoms with van der Waals surface area (Å²) >= 11 is 11.4. The predicted molar refractivity (Wildman–Crippen MR) is 118 cm³/mol. The lowest BCUT2D eigenvalue weighted by Gasteiger charge is -2.25. The van der Waals surface area contributed by atoms with Crippen LogP contribution < -0.4 is 0 Å². The van der Waals surface area contributed by atoms with Crippen LogP contribution >= 0.6 is 47.8 Å². The van der Waals surface area contributed by atoms with Crippen molar-refractivity contribution in [3.8, 4) is 0 Å². The second kappa shape index (κ2) is 16.9. The van der Waals surface area contributed by atoms with Crippen LogP contribution in [-0.4, -0.2) is 2.14 Å². The zero-order chi connectivity index (χ0) is 17.4. The molecule has 0 saturated carbocycles. The van der Waals surface area contributed by atoms with Gasteiger partial charge in [-0.25, -0.2) is 0 Å². The Kier molecular flexibility index (Phi) is 17.9. The summed E-state index contributed by atoms with van der Waals surface area (Å²) < 4.78 is -0.0580. The van der Waals surface area contributed by atoms with Crippen LogP contribution in [0.25, 0.3) is 0 Å². The molecule has 0 aromatic carbocycles. The third-order valence-electron chi connectivity index (χ3n) is 4.78. The summed E-state index contributed by atoms with van der Waals surface area (Å²) in [5.41, 5.74) is 0. The fraction of sp³-hybridized carbons (Fsp3) is 1.00. The molecule has 0 aromatic heterocycles. The molecular formula is C20H39Br3. The first-order chi connectivity index (χ1) is 11.0. The predicted octanol–water partition coefficient (Wildman–Crippen LogP) is 9.72. The molecule has 0 radical (unpaired) electrons. The number of hydrogen-bond acceptors (Lipinski definition) is 0. The fourth-order valence-corrected chi connectivity index (χ4v) is 4.54. The molecule has 0 amide bonds. The van der Waals surface area contributed by atoms with Crippen LogP contribution in [0.4, 0.5) is 0 Å². The molecule has 0 heterocycles. The summed E-state index contributed by atoms with van der Waals surface area (Å²) in [5, 5.41) is 0. The zero-order valence-electron chi connectivity index (χ0n) is 15.5. The van der Waals surface area contributed by atoms with Crippen molar-refractivity contribution >= 4 is 47.8 Å². The summed E-state index contributed by atoms with van der Waals surface area (Å²) in [6, 6.07) is 0. The minimum absolute atomic E-state index is 0.0580. The Morgan fingerprint density at radius 1 is 0.522 bits per heavy atom. The maximum Gasteiger partial charge on any atom is 0.137 e. The summed E-state index contributed by atoms with van der Waals surface area (Å²) in [7, 11) is 0. The van der Waals surface area contributed by atoms with Gasteiger partial charge in [0.25, 0.3) is 0 Å². The molecule has 0 aromatic rings. The average Bonchev–Trinajstić information content (AvgIpc) is 2.50. The Morgan fingerprint density at radius 3 is 1.13 bits per heavy atom. The highest BCUT2D eigenvalue weighted by Crippen LogP contribution is 2.45. The molecule has 0 nitrogen and oxygen atoms in total. The minimum Gasteiger partial charge on any atom is -0.0654 e. The van der Waals surface area contributed by atoms with Crippen LogP contribution in [0.3, 0.4) is 0 Å². The van der Waals surface area contributed by atoms with Crippen LogP contribution in [-0.2, 0) is 0 Å². The van der Waals surface area contributed by atoms with Crippen LogP contribution in [0.1, 0.15) is 117 Å². The van der Waals surface area contributed by atoms with E-state index in [2.05, 4.69) is 61.6 Å². The van der Waals surface area contributed by atoms with Gasteiger partial charge in [-0.3, -0.25) is 0 Å². The van der Waals surface area contributed by atoms with Gasteiger partial charge in [0.15, 0.2) is 0 Å². The van der Waals surface area contributed by atoms with Gasteiger partial charge < -0.3 is 0 Å². The van der Waals surface area contributed by atoms with Gasteiger partial charge in [0.1, 0.15) is 2.14 Å². The number of rotatable bonds is 16. The Morgan fingerprint density at radius 2 is 0.826 bits per heavy atom. The topological polar surface area (TPSA) is 0 Å². The summed E-state index contributed by atoms with van der Waals surface area (Å²) in [6.07, 6.45) is 22.3. The van der Waals surface area contributed by atoms with Gasteiger partial charge in [-0.1, -0.05) is 152 Å². The molecule has 140 valence electrons. The van der Waals surface area contributed by atoms with E-state index in [-0.39, 0.29) is 2.14 Å². The van der Waals surface area contributed by atoms with Crippen molar-refractivity contribution < 1.29 is 0 Å². The van der Waals surface area contributed by atoms with Crippen LogP contribution in [0, 0.1) is 5.92 Å². The molecule has 0 saturated heterocycles. The number of unbranched alkanes of at least 4 members (excludes halogenated alkanes) is 12. The molecule has 3 heteroatoms. The van der Waals surface area contributed by atoms with E-state index >= 15 is 0 Å². The standard InChI is InChI=1S/C20H39Br3/c1-3-5-7-9-11-12-14-16-18-19(20(21,22)23)17-15-13-10-8-6-4-2/h19H,3-18H2,1-2H3. The van der Waals surface area contributed by atoms with Crippen LogP contribution in [0.5, 0.6) is 0 Å². The van der Waals surface area contributed by atoms with E-state index in [1.807, 2.05) is 0 Å². The second-order valence-corrected chi connectivity index (χ2v) is 14.0. The third kappa shape index (κ3) is 16.6. The van der Waals surface area contributed by atoms with Gasteiger partial charge in [-0.2, -0.15) is 0 Å². The number of hydrogen-bond donors (Lipinski definition) is 0. The second-order valence-electron chi connectivity index (χ2n) is 7.06. The maximum atomic E-state index is 3.78. The molecule has 0 rings (SSSR count). The summed E-state index contributed by atoms with van der Waals surface area (Å²) in [6.45, 7) is 4.58. The molecule has 0 bridgehead atoms. The van der Waals surface area contributed by atoms with Crippen LogP contribution in [0.15, 0.2) is 0 Å². The van der Waals surface area contributed by atoms with Gasteiger partial charge in [0.05, 0.1) is 0 Å². The Hall–Kier alpha value is 1.44. The highest BCUT2D eigenvalue weighted by molar-refractivity contribution is 9.39. The van der Waals surface area contributed by atoms with Gasteiger partial charge >= 0.3 is 0 Å². The lowest BCUT2D eigenvalue weighted by molar-refractivity contribution is 0.423. The molecule has 1 unspecified atom stereocenters. The highest BCUT2D eigenvalue weighted by Gasteiger charge is 2.29. The molecule has 0 N–H and O–H groups in total. The van der Waals surface area contributed by atoms with Crippen molar-refractivity contribution in [2.45, 2.75) is 119 Å². The SMILES string of the molecule is CCCCCCCCCCC(CCCCCCCC)C(Br)(Br)Br. The smallest absolute Gasteiger partial charge is 0.0654 e. The lowest BCUT2D eigenvalue weighted by Crippen LogP contribution is -2.17. The average molecular weight is 519 g/mol. The summed E-state index contributed by atoms with van der Waals surface area (Å²) in [5.74, 6) is 0.689. The van der Waals surface area contributed by atoms with Gasteiger partial charge in [-0.15, -0.1) is 0 Å². The van der Waals surface area contributed by atoms with E-state index in [1.54, 1.807) is 0 Å². The minimum atomic E-state index is -0.0580. The van der Waals surface area contributed by atoms with Gasteiger partial charge in [-0.05, 0) is 18.8 Å². The van der Waals surface area contributed by atoms with Crippen molar-refractivity contribution in [2.24, 2.45) is 5.92 Å². The molecule has 0 fully saturated rings. The monoisotopic (exact) mass is 516 g/mol. The first-order valence-electron chi connectivity index (χ1n) is 10.1. The first-order valence-corrected chi connectivity index (χ1v) is 12.5. The normalized spacial score (nSPS) is 13.4. The van der Waals surface area contributed by atoms with E-state index in [4.69, 9.17) is 0 Å². The van der Waals surface area contributed by atoms with Crippen molar-refractivity contribution in [2.75, 3.05) is 0 Å². The van der Waals surface area contributed by atoms with Gasteiger partial charge in [0.2, 0.25) is 0 Å². The number of alkyl halides is 3. The Labute approximate surface area is 171 Å². The van der Waals surface area contributed by atoms with E-state index in [1.165, 1.54) is 103 Å². The molecule has 0 spiro atoms. The van der Waals surface area contributed by atoms with E-state index in [0.717, 1.165) is 0 Å². The van der Waals surface area contributed by atoms with Crippen molar-refractivity contribution in [1.82, 2.24) is 0 Å². The molecule has 0 aliphatic carbocycles. The Bertz CT molecular complexity index is 236. The van der Waals surface area contributed by atoms with E-state index in [0.29, 0.717) is 5.92 Å². The number of halogens is 3. The lowest BCUT2D eigenvalue weighted by atomic mass is 9.95. The van der Waals surface area contributed by atoms with Crippen molar-refractivity contribution in [3.63, 3.8) is 0 Å². The Balaban J connectivity index is 3.69. The summed E-state index contributed by atoms with van der Waals surface area (Å²) in [4.78, 5) is 0. The van der Waals surface area contributed by atoms with E-state index < -0.39 is 0 Å². The molecule has 0 aliphatic rings. The first kappa shape index (κ1) is 24.4. The highest BCUT2D eigenvalue weighted by atomic mass is 80.0. The largest absolute Gasteiger partial charge is 0.137 e. The van der Waals surface area contributed by atoms with Crippen molar-refractivity contribution in [3.05, 3.63) is 0 Å². The maximum absolute atomic E-state index is 3.78.